The van der Waals surface area contributed by atoms with Crippen molar-refractivity contribution in [3.8, 4) is 11.1 Å². The molecule has 0 unspecified atom stereocenters. The molecule has 13 heteroatoms. The fourth-order valence-electron chi connectivity index (χ4n) is 3.97. The maximum absolute atomic E-state index is 14.7. The number of aryl methyl sites for hydroxylation is 2. The van der Waals surface area contributed by atoms with Gasteiger partial charge in [0.05, 0.1) is 17.8 Å². The minimum atomic E-state index is -4.46. The Kier molecular flexibility index (Phi) is 5.92. The van der Waals surface area contributed by atoms with Gasteiger partial charge in [-0.2, -0.15) is 18.3 Å². The van der Waals surface area contributed by atoms with Crippen LogP contribution in [0.3, 0.4) is 0 Å². The summed E-state index contributed by atoms with van der Waals surface area (Å²) in [5.41, 5.74) is 0.684. The van der Waals surface area contributed by atoms with Crippen LogP contribution in [-0.2, 0) is 23.7 Å². The Morgan fingerprint density at radius 3 is 2.49 bits per heavy atom. The predicted octanol–water partition coefficient (Wildman–Crippen LogP) is 4.83. The minimum Gasteiger partial charge on any atom is -0.358 e. The van der Waals surface area contributed by atoms with Gasteiger partial charge in [-0.15, -0.1) is 0 Å². The number of rotatable bonds is 7. The van der Waals surface area contributed by atoms with E-state index in [4.69, 9.17) is 4.52 Å². The molecule has 3 aromatic heterocycles. The normalized spacial score (nSPS) is 14.4. The minimum absolute atomic E-state index is 0.0922. The predicted molar refractivity (Wildman–Crippen MR) is 124 cm³/mol. The van der Waals surface area contributed by atoms with Crippen molar-refractivity contribution in [3.63, 3.8) is 0 Å². The summed E-state index contributed by atoms with van der Waals surface area (Å²) in [7, 11) is 1.80. The molecule has 0 bridgehead atoms. The molecule has 3 heterocycles. The third-order valence-electron chi connectivity index (χ3n) is 6.19. The van der Waals surface area contributed by atoms with E-state index in [0.29, 0.717) is 17.1 Å². The fraction of sp³-hybridized carbons (Fsp3) is 0.292. The standard InChI is InChI=1S/C24H21F4N7O2/c1-13-18(12-35(2)33-13)31-22-29-10-16(11-30-22)14-3-4-15(17(25)7-14)8-21(36)32-20-9-19(37-34-20)23(5-6-23)24(26,27)28/h3-4,7,9-12H,5-6,8H2,1-2H3,(H,29,30,31)(H,32,34,36). The molecule has 1 aliphatic rings. The van der Waals surface area contributed by atoms with E-state index >= 15 is 0 Å². The Bertz CT molecular complexity index is 1460. The number of benzene rings is 1. The summed E-state index contributed by atoms with van der Waals surface area (Å²) in [6, 6.07) is 5.39. The number of hydrogen-bond donors (Lipinski definition) is 2. The molecule has 1 amide bonds. The van der Waals surface area contributed by atoms with Gasteiger partial charge in [-0.25, -0.2) is 14.4 Å². The highest BCUT2D eigenvalue weighted by atomic mass is 19.4. The second-order valence-corrected chi connectivity index (χ2v) is 8.91. The van der Waals surface area contributed by atoms with Crippen molar-refractivity contribution in [2.24, 2.45) is 7.05 Å². The monoisotopic (exact) mass is 515 g/mol. The zero-order valence-corrected chi connectivity index (χ0v) is 19.7. The molecule has 37 heavy (non-hydrogen) atoms. The Balaban J connectivity index is 1.22. The van der Waals surface area contributed by atoms with E-state index in [1.165, 1.54) is 24.5 Å². The lowest BCUT2D eigenvalue weighted by atomic mass is 10.0. The van der Waals surface area contributed by atoms with E-state index in [-0.39, 0.29) is 36.4 Å². The number of carbonyl (C=O) groups is 1. The lowest BCUT2D eigenvalue weighted by Gasteiger charge is -2.14. The van der Waals surface area contributed by atoms with Crippen LogP contribution < -0.4 is 10.6 Å². The molecule has 0 radical (unpaired) electrons. The molecule has 4 aromatic rings. The summed E-state index contributed by atoms with van der Waals surface area (Å²) >= 11 is 0. The zero-order chi connectivity index (χ0) is 26.4. The highest BCUT2D eigenvalue weighted by molar-refractivity contribution is 5.91. The molecule has 192 valence electrons. The van der Waals surface area contributed by atoms with Crippen LogP contribution in [0.5, 0.6) is 0 Å². The van der Waals surface area contributed by atoms with Gasteiger partial charge in [-0.05, 0) is 37.0 Å². The molecule has 0 aliphatic heterocycles. The first-order valence-electron chi connectivity index (χ1n) is 11.3. The molecular formula is C24H21F4N7O2. The highest BCUT2D eigenvalue weighted by Crippen LogP contribution is 2.59. The number of amides is 1. The second kappa shape index (κ2) is 8.98. The molecule has 1 aromatic carbocycles. The molecule has 1 aliphatic carbocycles. The SMILES string of the molecule is Cc1nn(C)cc1Nc1ncc(-c2ccc(CC(=O)Nc3cc(C4(C(F)(F)F)CC4)on3)c(F)c2)cn1. The van der Waals surface area contributed by atoms with Crippen LogP contribution in [0.1, 0.15) is 29.9 Å². The number of nitrogens with one attached hydrogen (secondary N) is 2. The van der Waals surface area contributed by atoms with Crippen molar-refractivity contribution in [2.75, 3.05) is 10.6 Å². The molecule has 9 nitrogen and oxygen atoms in total. The van der Waals surface area contributed by atoms with E-state index in [0.717, 1.165) is 17.4 Å². The Hall–Kier alpha value is -4.29. The number of carbonyl (C=O) groups excluding carboxylic acids is 1. The van der Waals surface area contributed by atoms with Gasteiger partial charge in [0.2, 0.25) is 11.9 Å². The van der Waals surface area contributed by atoms with E-state index in [1.807, 2.05) is 6.92 Å². The summed E-state index contributed by atoms with van der Waals surface area (Å²) in [6.45, 7) is 1.85. The lowest BCUT2D eigenvalue weighted by Crippen LogP contribution is -2.28. The van der Waals surface area contributed by atoms with E-state index in [9.17, 15) is 22.4 Å². The molecule has 1 saturated carbocycles. The number of aromatic nitrogens is 5. The van der Waals surface area contributed by atoms with Crippen molar-refractivity contribution in [3.05, 3.63) is 65.7 Å². The van der Waals surface area contributed by atoms with Crippen LogP contribution in [0, 0.1) is 12.7 Å². The van der Waals surface area contributed by atoms with Crippen molar-refractivity contribution < 1.29 is 26.9 Å². The van der Waals surface area contributed by atoms with Gasteiger partial charge in [0.15, 0.2) is 11.6 Å². The molecule has 1 fully saturated rings. The highest BCUT2D eigenvalue weighted by Gasteiger charge is 2.66. The van der Waals surface area contributed by atoms with Gasteiger partial charge in [0, 0.05) is 37.3 Å². The van der Waals surface area contributed by atoms with Crippen LogP contribution in [0.4, 0.5) is 35.0 Å². The zero-order valence-electron chi connectivity index (χ0n) is 19.7. The Morgan fingerprint density at radius 2 is 1.89 bits per heavy atom. The second-order valence-electron chi connectivity index (χ2n) is 8.91. The topological polar surface area (TPSA) is 111 Å². The van der Waals surface area contributed by atoms with Crippen LogP contribution in [0.2, 0.25) is 0 Å². The summed E-state index contributed by atoms with van der Waals surface area (Å²) in [4.78, 5) is 20.9. The molecule has 5 rings (SSSR count). The number of nitrogens with zero attached hydrogens (tertiary/aromatic N) is 5. The van der Waals surface area contributed by atoms with Gasteiger partial charge in [-0.1, -0.05) is 17.3 Å². The first-order valence-corrected chi connectivity index (χ1v) is 11.3. The smallest absolute Gasteiger partial charge is 0.358 e. The Labute approximate surface area is 207 Å². The average Bonchev–Trinajstić information content (AvgIpc) is 3.44. The first kappa shape index (κ1) is 24.4. The van der Waals surface area contributed by atoms with Gasteiger partial charge >= 0.3 is 6.18 Å². The summed E-state index contributed by atoms with van der Waals surface area (Å²) in [5.74, 6) is -1.42. The van der Waals surface area contributed by atoms with Gasteiger partial charge < -0.3 is 15.2 Å². The maximum Gasteiger partial charge on any atom is 0.401 e. The lowest BCUT2D eigenvalue weighted by molar-refractivity contribution is -0.165. The number of halogens is 4. The quantitative estimate of drug-likeness (QED) is 0.339. The van der Waals surface area contributed by atoms with Crippen LogP contribution >= 0.6 is 0 Å². The number of alkyl halides is 3. The van der Waals surface area contributed by atoms with Crippen molar-refractivity contribution in [2.45, 2.75) is 37.8 Å². The first-order chi connectivity index (χ1) is 17.5. The van der Waals surface area contributed by atoms with E-state index in [2.05, 4.69) is 30.9 Å². The summed E-state index contributed by atoms with van der Waals surface area (Å²) < 4.78 is 60.9. The van der Waals surface area contributed by atoms with Crippen molar-refractivity contribution >= 4 is 23.4 Å². The fourth-order valence-corrected chi connectivity index (χ4v) is 3.97. The molecule has 2 N–H and O–H groups in total. The van der Waals surface area contributed by atoms with Crippen LogP contribution in [0.25, 0.3) is 11.1 Å². The third kappa shape index (κ3) is 4.88. The summed E-state index contributed by atoms with van der Waals surface area (Å²) in [5, 5.41) is 13.2. The van der Waals surface area contributed by atoms with Crippen LogP contribution in [-0.4, -0.2) is 37.0 Å². The molecule has 0 saturated heterocycles. The molecular weight excluding hydrogens is 494 g/mol. The van der Waals surface area contributed by atoms with Crippen LogP contribution in [0.15, 0.2) is 47.4 Å². The van der Waals surface area contributed by atoms with E-state index in [1.54, 1.807) is 24.0 Å². The largest absolute Gasteiger partial charge is 0.401 e. The van der Waals surface area contributed by atoms with Crippen molar-refractivity contribution in [1.29, 1.82) is 0 Å². The Morgan fingerprint density at radius 1 is 1.16 bits per heavy atom. The third-order valence-corrected chi connectivity index (χ3v) is 6.19. The maximum atomic E-state index is 14.7. The number of hydrogen-bond acceptors (Lipinski definition) is 7. The number of anilines is 3. The molecule has 0 atom stereocenters. The van der Waals surface area contributed by atoms with Gasteiger partial charge in [0.1, 0.15) is 11.2 Å². The van der Waals surface area contributed by atoms with Crippen molar-refractivity contribution in [1.82, 2.24) is 24.9 Å². The summed E-state index contributed by atoms with van der Waals surface area (Å²) in [6.07, 6.45) is -0.113. The van der Waals surface area contributed by atoms with Gasteiger partial charge in [-0.3, -0.25) is 9.48 Å². The average molecular weight is 515 g/mol. The van der Waals surface area contributed by atoms with Gasteiger partial charge in [0.25, 0.3) is 0 Å². The van der Waals surface area contributed by atoms with E-state index < -0.39 is 23.3 Å². The molecule has 0 spiro atoms.